The Labute approximate surface area is 199 Å². The molecule has 12 heteroatoms. The van der Waals surface area contributed by atoms with E-state index in [4.69, 9.17) is 0 Å². The Kier molecular flexibility index (Phi) is 5.57. The third-order valence-corrected chi connectivity index (χ3v) is 6.98. The zero-order chi connectivity index (χ0) is 22.9. The minimum Gasteiger partial charge on any atom is -0.353 e. The summed E-state index contributed by atoms with van der Waals surface area (Å²) in [5, 5.41) is 31.3. The Morgan fingerprint density at radius 2 is 2.06 bits per heavy atom. The van der Waals surface area contributed by atoms with Crippen molar-refractivity contribution in [1.82, 2.24) is 35.0 Å². The number of aromatic amines is 1. The van der Waals surface area contributed by atoms with Crippen molar-refractivity contribution in [2.45, 2.75) is 56.8 Å². The van der Waals surface area contributed by atoms with E-state index in [1.54, 1.807) is 4.52 Å². The van der Waals surface area contributed by atoms with Gasteiger partial charge in [-0.25, -0.2) is 4.52 Å². The largest absolute Gasteiger partial charge is 0.353 e. The molecule has 0 spiro atoms. The maximum Gasteiger partial charge on any atom is 0.243 e. The van der Waals surface area contributed by atoms with Crippen molar-refractivity contribution in [2.75, 3.05) is 22.5 Å². The van der Waals surface area contributed by atoms with Gasteiger partial charge in [0, 0.05) is 42.8 Å². The highest BCUT2D eigenvalue weighted by Crippen LogP contribution is 2.42. The number of H-pyrrole nitrogens is 1. The fourth-order valence-corrected chi connectivity index (χ4v) is 4.73. The van der Waals surface area contributed by atoms with Crippen LogP contribution in [-0.4, -0.2) is 47.4 Å². The fourth-order valence-electron chi connectivity index (χ4n) is 3.80. The summed E-state index contributed by atoms with van der Waals surface area (Å²) in [7, 11) is 0. The van der Waals surface area contributed by atoms with E-state index in [-0.39, 0.29) is 5.91 Å². The molecular weight excluding hydrogens is 452 g/mol. The number of unbranched alkanes of at least 4 members (excludes halogenated alkanes) is 1. The molecule has 0 atom stereocenters. The predicted octanol–water partition coefficient (Wildman–Crippen LogP) is 4.02. The van der Waals surface area contributed by atoms with Crippen molar-refractivity contribution in [3.63, 3.8) is 0 Å². The predicted molar refractivity (Wildman–Crippen MR) is 130 cm³/mol. The maximum absolute atomic E-state index is 12.2. The molecule has 4 heterocycles. The van der Waals surface area contributed by atoms with Gasteiger partial charge < -0.3 is 16.0 Å². The van der Waals surface area contributed by atoms with Crippen LogP contribution in [0.3, 0.4) is 0 Å². The van der Waals surface area contributed by atoms with Crippen molar-refractivity contribution in [1.29, 1.82) is 0 Å². The number of hydrogen-bond acceptors (Lipinski definition) is 9. The van der Waals surface area contributed by atoms with E-state index in [9.17, 15) is 4.79 Å². The number of aromatic nitrogens is 7. The Hall–Kier alpha value is -3.54. The van der Waals surface area contributed by atoms with Crippen molar-refractivity contribution < 1.29 is 4.79 Å². The smallest absolute Gasteiger partial charge is 0.243 e. The Morgan fingerprint density at radius 1 is 1.18 bits per heavy atom. The van der Waals surface area contributed by atoms with Crippen LogP contribution < -0.4 is 16.0 Å². The van der Waals surface area contributed by atoms with Gasteiger partial charge in [-0.05, 0) is 50.7 Å². The van der Waals surface area contributed by atoms with E-state index in [1.807, 2.05) is 24.4 Å². The molecule has 1 amide bonds. The highest BCUT2D eigenvalue weighted by molar-refractivity contribution is 7.15. The summed E-state index contributed by atoms with van der Waals surface area (Å²) < 4.78 is 1.79. The van der Waals surface area contributed by atoms with Gasteiger partial charge in [-0.3, -0.25) is 9.89 Å². The Bertz CT molecular complexity index is 1300. The van der Waals surface area contributed by atoms with Gasteiger partial charge in [0.05, 0.1) is 0 Å². The first-order valence-electron chi connectivity index (χ1n) is 11.8. The summed E-state index contributed by atoms with van der Waals surface area (Å²) in [6.45, 7) is 0.665. The Balaban J connectivity index is 0.997. The average molecular weight is 479 g/mol. The molecule has 0 bridgehead atoms. The quantitative estimate of drug-likeness (QED) is 0.237. The maximum atomic E-state index is 12.2. The molecule has 0 aromatic carbocycles. The normalized spacial score (nSPS) is 15.5. The number of carbonyl (C=O) groups is 1. The molecule has 0 saturated heterocycles. The second-order valence-corrected chi connectivity index (χ2v) is 9.89. The average Bonchev–Trinajstić information content (AvgIpc) is 3.72. The van der Waals surface area contributed by atoms with Crippen LogP contribution in [0.4, 0.5) is 22.7 Å². The van der Waals surface area contributed by atoms with Crippen LogP contribution in [0.25, 0.3) is 5.52 Å². The first-order chi connectivity index (χ1) is 16.7. The van der Waals surface area contributed by atoms with Gasteiger partial charge in [-0.15, -0.1) is 15.3 Å². The third-order valence-electron chi connectivity index (χ3n) is 5.98. The molecule has 34 heavy (non-hydrogen) atoms. The van der Waals surface area contributed by atoms with E-state index in [2.05, 4.69) is 46.4 Å². The second-order valence-electron chi connectivity index (χ2n) is 8.88. The summed E-state index contributed by atoms with van der Waals surface area (Å²) in [6.07, 6.45) is 8.69. The summed E-state index contributed by atoms with van der Waals surface area (Å²) in [4.78, 5) is 16.8. The van der Waals surface area contributed by atoms with Crippen molar-refractivity contribution >= 4 is 45.5 Å². The lowest BCUT2D eigenvalue weighted by molar-refractivity contribution is -0.116. The standard InChI is InChI=1S/C22H26N10OS/c33-18(25-22-30-29-20(34-22)14-8-9-14)5-1-2-10-23-21-26-19(16-4-3-11-32(16)31-21)24-17-12-15(27-28-17)13-6-7-13/h3-4,11-14H,1-2,5-10H2,(H,25,30,33)(H3,23,24,26,27,28,31). The SMILES string of the molecule is O=C(CCCCNc1nc(Nc2cc(C3CC3)[nH]n2)c2cccn2n1)Nc1nnc(C2CC2)s1. The number of anilines is 4. The number of fused-ring (bicyclic) bond motifs is 1. The van der Waals surface area contributed by atoms with Gasteiger partial charge in [0.15, 0.2) is 11.6 Å². The van der Waals surface area contributed by atoms with E-state index in [0.717, 1.165) is 29.2 Å². The number of amides is 1. The fraction of sp³-hybridized carbons (Fsp3) is 0.455. The van der Waals surface area contributed by atoms with Crippen molar-refractivity contribution in [2.24, 2.45) is 0 Å². The van der Waals surface area contributed by atoms with Gasteiger partial charge in [-0.2, -0.15) is 10.1 Å². The minimum atomic E-state index is -0.0282. The number of carbonyl (C=O) groups excluding carboxylic acids is 1. The molecule has 11 nitrogen and oxygen atoms in total. The van der Waals surface area contributed by atoms with Gasteiger partial charge in [-0.1, -0.05) is 11.3 Å². The Morgan fingerprint density at radius 3 is 2.91 bits per heavy atom. The van der Waals surface area contributed by atoms with E-state index < -0.39 is 0 Å². The van der Waals surface area contributed by atoms with Gasteiger partial charge in [0.25, 0.3) is 0 Å². The van der Waals surface area contributed by atoms with Crippen molar-refractivity contribution in [3.05, 3.63) is 35.1 Å². The number of nitrogens with one attached hydrogen (secondary N) is 4. The molecular formula is C22H26N10OS. The summed E-state index contributed by atoms with van der Waals surface area (Å²) in [6, 6.07) is 5.94. The zero-order valence-corrected chi connectivity index (χ0v) is 19.4. The molecule has 0 aliphatic heterocycles. The molecule has 4 N–H and O–H groups in total. The molecule has 176 valence electrons. The lowest BCUT2D eigenvalue weighted by Gasteiger charge is -2.09. The molecule has 4 aromatic rings. The van der Waals surface area contributed by atoms with Crippen molar-refractivity contribution in [3.8, 4) is 0 Å². The summed E-state index contributed by atoms with van der Waals surface area (Å²) in [5.41, 5.74) is 2.04. The van der Waals surface area contributed by atoms with E-state index in [0.29, 0.717) is 41.7 Å². The molecule has 0 unspecified atom stereocenters. The molecule has 2 saturated carbocycles. The van der Waals surface area contributed by atoms with Crippen LogP contribution in [0.5, 0.6) is 0 Å². The van der Waals surface area contributed by atoms with Gasteiger partial charge >= 0.3 is 0 Å². The zero-order valence-electron chi connectivity index (χ0n) is 18.6. The van der Waals surface area contributed by atoms with Gasteiger partial charge in [0.1, 0.15) is 10.5 Å². The lowest BCUT2D eigenvalue weighted by Crippen LogP contribution is -2.13. The topological polar surface area (TPSA) is 138 Å². The van der Waals surface area contributed by atoms with Crippen LogP contribution in [0, 0.1) is 0 Å². The molecule has 6 rings (SSSR count). The highest BCUT2D eigenvalue weighted by Gasteiger charge is 2.28. The van der Waals surface area contributed by atoms with Crippen LogP contribution in [0.1, 0.15) is 67.5 Å². The number of hydrogen-bond donors (Lipinski definition) is 4. The first-order valence-corrected chi connectivity index (χ1v) is 12.6. The third kappa shape index (κ3) is 4.86. The van der Waals surface area contributed by atoms with Crippen LogP contribution in [0.2, 0.25) is 0 Å². The molecule has 0 radical (unpaired) electrons. The molecule has 2 aliphatic rings. The molecule has 4 aromatic heterocycles. The molecule has 2 fully saturated rings. The lowest BCUT2D eigenvalue weighted by atomic mass is 10.2. The van der Waals surface area contributed by atoms with E-state index >= 15 is 0 Å². The number of nitrogens with zero attached hydrogens (tertiary/aromatic N) is 6. The first kappa shape index (κ1) is 21.0. The molecule has 2 aliphatic carbocycles. The summed E-state index contributed by atoms with van der Waals surface area (Å²) in [5.74, 6) is 3.10. The van der Waals surface area contributed by atoms with E-state index in [1.165, 1.54) is 42.7 Å². The van der Waals surface area contributed by atoms with Crippen LogP contribution in [-0.2, 0) is 4.79 Å². The minimum absolute atomic E-state index is 0.0282. The second kappa shape index (κ2) is 9.01. The van der Waals surface area contributed by atoms with Crippen LogP contribution >= 0.6 is 11.3 Å². The number of rotatable bonds is 11. The highest BCUT2D eigenvalue weighted by atomic mass is 32.1. The van der Waals surface area contributed by atoms with Crippen LogP contribution in [0.15, 0.2) is 24.4 Å². The summed E-state index contributed by atoms with van der Waals surface area (Å²) >= 11 is 1.48. The monoisotopic (exact) mass is 478 g/mol. The van der Waals surface area contributed by atoms with Gasteiger partial charge in [0.2, 0.25) is 17.0 Å².